The molecule has 0 fully saturated rings. The first-order chi connectivity index (χ1) is 8.70. The van der Waals surface area contributed by atoms with Crippen LogP contribution in [0, 0.1) is 5.92 Å². The highest BCUT2D eigenvalue weighted by Crippen LogP contribution is 2.21. The van der Waals surface area contributed by atoms with E-state index in [1.54, 1.807) is 18.1 Å². The molecule has 0 saturated heterocycles. The molecule has 6 heteroatoms. The Morgan fingerprint density at radius 2 is 2.22 bits per heavy atom. The topological polar surface area (TPSA) is 66.5 Å². The molecule has 18 heavy (non-hydrogen) atoms. The number of aromatic nitrogens is 4. The maximum atomic E-state index is 4.53. The fraction of sp³-hybridized carbons (Fsp3) is 0.583. The Morgan fingerprint density at radius 1 is 1.39 bits per heavy atom. The molecule has 0 aromatic carbocycles. The van der Waals surface area contributed by atoms with Crippen LogP contribution in [-0.4, -0.2) is 32.2 Å². The minimum atomic E-state index is 0.682. The second-order valence-electron chi connectivity index (χ2n) is 4.50. The van der Waals surface area contributed by atoms with Crippen LogP contribution in [0.1, 0.15) is 27.2 Å². The number of H-pyrrole nitrogens is 1. The number of nitrogens with one attached hydrogen (secondary N) is 2. The number of hydrogen-bond donors (Lipinski definition) is 2. The minimum Gasteiger partial charge on any atom is -0.368 e. The first-order valence-electron chi connectivity index (χ1n) is 6.28. The van der Waals surface area contributed by atoms with Gasteiger partial charge in [0.15, 0.2) is 16.6 Å². The largest absolute Gasteiger partial charge is 0.368 e. The summed E-state index contributed by atoms with van der Waals surface area (Å²) in [5, 5.41) is 4.15. The van der Waals surface area contributed by atoms with Gasteiger partial charge in [-0.3, -0.25) is 0 Å². The van der Waals surface area contributed by atoms with E-state index in [1.807, 2.05) is 0 Å². The van der Waals surface area contributed by atoms with Crippen LogP contribution < -0.4 is 5.32 Å². The van der Waals surface area contributed by atoms with Crippen molar-refractivity contribution in [1.29, 1.82) is 0 Å². The van der Waals surface area contributed by atoms with Gasteiger partial charge in [-0.25, -0.2) is 15.0 Å². The molecular weight excluding hydrogens is 246 g/mol. The number of rotatable bonds is 6. The number of aromatic amines is 1. The third-order valence-electron chi connectivity index (χ3n) is 2.55. The molecular formula is C12H19N5S. The van der Waals surface area contributed by atoms with E-state index in [-0.39, 0.29) is 0 Å². The molecule has 98 valence electrons. The van der Waals surface area contributed by atoms with Gasteiger partial charge in [0.25, 0.3) is 0 Å². The summed E-state index contributed by atoms with van der Waals surface area (Å²) in [4.78, 5) is 16.2. The summed E-state index contributed by atoms with van der Waals surface area (Å²) in [5.41, 5.74) is 1.62. The van der Waals surface area contributed by atoms with Gasteiger partial charge in [0.2, 0.25) is 0 Å². The molecule has 0 aliphatic rings. The lowest BCUT2D eigenvalue weighted by Crippen LogP contribution is -2.07. The average molecular weight is 265 g/mol. The van der Waals surface area contributed by atoms with E-state index in [1.165, 1.54) is 0 Å². The molecule has 0 atom stereocenters. The van der Waals surface area contributed by atoms with Crippen molar-refractivity contribution < 1.29 is 0 Å². The SMILES string of the molecule is CCSc1nc(NCCC(C)C)c2[nH]cnc2n1. The summed E-state index contributed by atoms with van der Waals surface area (Å²) in [7, 11) is 0. The fourth-order valence-electron chi connectivity index (χ4n) is 1.61. The zero-order chi connectivity index (χ0) is 13.0. The molecule has 0 spiro atoms. The van der Waals surface area contributed by atoms with Crippen LogP contribution in [0.15, 0.2) is 11.5 Å². The summed E-state index contributed by atoms with van der Waals surface area (Å²) in [6.45, 7) is 7.44. The van der Waals surface area contributed by atoms with E-state index in [4.69, 9.17) is 0 Å². The number of anilines is 1. The number of hydrogen-bond acceptors (Lipinski definition) is 5. The van der Waals surface area contributed by atoms with Gasteiger partial charge in [-0.15, -0.1) is 0 Å². The van der Waals surface area contributed by atoms with Crippen LogP contribution in [0.2, 0.25) is 0 Å². The van der Waals surface area contributed by atoms with Gasteiger partial charge >= 0.3 is 0 Å². The van der Waals surface area contributed by atoms with E-state index in [2.05, 4.69) is 46.0 Å². The molecule has 2 aromatic rings. The van der Waals surface area contributed by atoms with Gasteiger partial charge in [-0.2, -0.15) is 0 Å². The Kier molecular flexibility index (Phi) is 4.41. The Balaban J connectivity index is 2.20. The van der Waals surface area contributed by atoms with E-state index in [0.29, 0.717) is 5.92 Å². The monoisotopic (exact) mass is 265 g/mol. The second-order valence-corrected chi connectivity index (χ2v) is 5.73. The highest BCUT2D eigenvalue weighted by molar-refractivity contribution is 7.99. The predicted octanol–water partition coefficient (Wildman–Crippen LogP) is 2.92. The summed E-state index contributed by atoms with van der Waals surface area (Å²) < 4.78 is 0. The van der Waals surface area contributed by atoms with Gasteiger partial charge in [0.1, 0.15) is 5.52 Å². The quantitative estimate of drug-likeness (QED) is 0.621. The van der Waals surface area contributed by atoms with Gasteiger partial charge in [0, 0.05) is 6.54 Å². The molecule has 0 saturated carbocycles. The lowest BCUT2D eigenvalue weighted by molar-refractivity contribution is 0.606. The van der Waals surface area contributed by atoms with Crippen LogP contribution in [-0.2, 0) is 0 Å². The number of fused-ring (bicyclic) bond motifs is 1. The van der Waals surface area contributed by atoms with Gasteiger partial charge in [0.05, 0.1) is 6.33 Å². The van der Waals surface area contributed by atoms with Crippen LogP contribution in [0.3, 0.4) is 0 Å². The zero-order valence-corrected chi connectivity index (χ0v) is 11.8. The molecule has 0 bridgehead atoms. The van der Waals surface area contributed by atoms with Crippen LogP contribution in [0.4, 0.5) is 5.82 Å². The third-order valence-corrected chi connectivity index (χ3v) is 3.28. The third kappa shape index (κ3) is 3.13. The molecule has 0 unspecified atom stereocenters. The van der Waals surface area contributed by atoms with E-state index < -0.39 is 0 Å². The molecule has 5 nitrogen and oxygen atoms in total. The summed E-state index contributed by atoms with van der Waals surface area (Å²) >= 11 is 1.63. The maximum Gasteiger partial charge on any atom is 0.191 e. The van der Waals surface area contributed by atoms with Crippen molar-refractivity contribution in [2.45, 2.75) is 32.3 Å². The molecule has 0 aliphatic heterocycles. The normalized spacial score (nSPS) is 11.3. The van der Waals surface area contributed by atoms with Crippen molar-refractivity contribution in [3.63, 3.8) is 0 Å². The van der Waals surface area contributed by atoms with E-state index >= 15 is 0 Å². The summed E-state index contributed by atoms with van der Waals surface area (Å²) in [5.74, 6) is 2.50. The molecule has 0 amide bonds. The average Bonchev–Trinajstić information content (AvgIpc) is 2.77. The van der Waals surface area contributed by atoms with Crippen molar-refractivity contribution in [3.05, 3.63) is 6.33 Å². The summed E-state index contributed by atoms with van der Waals surface area (Å²) in [6.07, 6.45) is 2.78. The Morgan fingerprint density at radius 3 is 2.94 bits per heavy atom. The van der Waals surface area contributed by atoms with Crippen molar-refractivity contribution in [1.82, 2.24) is 19.9 Å². The van der Waals surface area contributed by atoms with Gasteiger partial charge < -0.3 is 10.3 Å². The smallest absolute Gasteiger partial charge is 0.191 e. The molecule has 2 heterocycles. The maximum absolute atomic E-state index is 4.53. The van der Waals surface area contributed by atoms with E-state index in [9.17, 15) is 0 Å². The number of nitrogens with zero attached hydrogens (tertiary/aromatic N) is 3. The molecule has 2 N–H and O–H groups in total. The Hall–Kier alpha value is -1.30. The molecule has 2 aromatic heterocycles. The molecule has 0 radical (unpaired) electrons. The minimum absolute atomic E-state index is 0.682. The lowest BCUT2D eigenvalue weighted by atomic mass is 10.1. The van der Waals surface area contributed by atoms with Crippen molar-refractivity contribution in [2.24, 2.45) is 5.92 Å². The van der Waals surface area contributed by atoms with Crippen molar-refractivity contribution >= 4 is 28.7 Å². The zero-order valence-electron chi connectivity index (χ0n) is 11.0. The first-order valence-corrected chi connectivity index (χ1v) is 7.27. The summed E-state index contributed by atoms with van der Waals surface area (Å²) in [6, 6.07) is 0. The van der Waals surface area contributed by atoms with Crippen LogP contribution in [0.5, 0.6) is 0 Å². The van der Waals surface area contributed by atoms with E-state index in [0.717, 1.165) is 40.9 Å². The van der Waals surface area contributed by atoms with Crippen LogP contribution in [0.25, 0.3) is 11.2 Å². The van der Waals surface area contributed by atoms with Crippen molar-refractivity contribution in [3.8, 4) is 0 Å². The highest BCUT2D eigenvalue weighted by atomic mass is 32.2. The lowest BCUT2D eigenvalue weighted by Gasteiger charge is -2.09. The number of thioether (sulfide) groups is 1. The predicted molar refractivity (Wildman–Crippen MR) is 76.0 cm³/mol. The Labute approximate surface area is 111 Å². The highest BCUT2D eigenvalue weighted by Gasteiger charge is 2.09. The van der Waals surface area contributed by atoms with Crippen molar-refractivity contribution in [2.75, 3.05) is 17.6 Å². The standard InChI is InChI=1S/C12H19N5S/c1-4-18-12-16-10(13-6-5-8(2)3)9-11(17-12)15-7-14-9/h7-8H,4-6H2,1-3H3,(H2,13,14,15,16,17). The van der Waals surface area contributed by atoms with Gasteiger partial charge in [-0.1, -0.05) is 32.5 Å². The fourth-order valence-corrected chi connectivity index (χ4v) is 2.18. The first kappa shape index (κ1) is 13.1. The number of imidazole rings is 1. The van der Waals surface area contributed by atoms with Gasteiger partial charge in [-0.05, 0) is 18.1 Å². The molecule has 0 aliphatic carbocycles. The Bertz CT molecular complexity index is 508. The second kappa shape index (κ2) is 6.04. The van der Waals surface area contributed by atoms with Crippen LogP contribution >= 0.6 is 11.8 Å². The molecule has 2 rings (SSSR count).